The van der Waals surface area contributed by atoms with Crippen molar-refractivity contribution in [3.05, 3.63) is 20.3 Å². The molecule has 1 nitrogen and oxygen atoms in total. The monoisotopic (exact) mass is 182 g/mol. The third-order valence-electron chi connectivity index (χ3n) is 0.871. The van der Waals surface area contributed by atoms with Crippen LogP contribution in [0.25, 0.3) is 0 Å². The highest BCUT2D eigenvalue weighted by molar-refractivity contribution is 7.16. The van der Waals surface area contributed by atoms with E-state index in [4.69, 9.17) is 28.3 Å². The second-order valence-electron chi connectivity index (χ2n) is 1.48. The Morgan fingerprint density at radius 3 is 2.44 bits per heavy atom. The molecule has 1 aromatic rings. The molecule has 0 radical (unpaired) electrons. The summed E-state index contributed by atoms with van der Waals surface area (Å²) in [5.74, 6) is 0. The number of rotatable bonds is 1. The maximum Gasteiger partial charge on any atom is 0.0947 e. The maximum absolute atomic E-state index is 8.60. The van der Waals surface area contributed by atoms with E-state index in [2.05, 4.69) is 0 Å². The van der Waals surface area contributed by atoms with E-state index in [1.165, 1.54) is 11.3 Å². The summed E-state index contributed by atoms with van der Waals surface area (Å²) in [4.78, 5) is 0.724. The molecule has 1 heterocycles. The van der Waals surface area contributed by atoms with Gasteiger partial charge >= 0.3 is 0 Å². The first-order valence-electron chi connectivity index (χ1n) is 2.28. The zero-order valence-electron chi connectivity index (χ0n) is 4.40. The minimum atomic E-state index is -0.0315. The van der Waals surface area contributed by atoms with Crippen LogP contribution in [0.2, 0.25) is 9.36 Å². The molecule has 0 amide bonds. The molecule has 0 aliphatic carbocycles. The van der Waals surface area contributed by atoms with E-state index >= 15 is 0 Å². The molecule has 0 fully saturated rings. The van der Waals surface area contributed by atoms with Gasteiger partial charge in [-0.15, -0.1) is 11.3 Å². The second-order valence-corrected chi connectivity index (χ2v) is 3.65. The van der Waals surface area contributed by atoms with Gasteiger partial charge in [0.05, 0.1) is 20.8 Å². The summed E-state index contributed by atoms with van der Waals surface area (Å²) in [6.45, 7) is -0.0315. The van der Waals surface area contributed by atoms with E-state index in [-0.39, 0.29) is 6.61 Å². The van der Waals surface area contributed by atoms with E-state index < -0.39 is 0 Å². The molecule has 9 heavy (non-hydrogen) atoms. The summed E-state index contributed by atoms with van der Waals surface area (Å²) in [5, 5.41) is 9.15. The molecule has 4 heteroatoms. The van der Waals surface area contributed by atoms with Gasteiger partial charge in [-0.1, -0.05) is 23.2 Å². The summed E-state index contributed by atoms with van der Waals surface area (Å²) in [6, 6.07) is 1.62. The number of aliphatic hydroxyl groups is 1. The summed E-state index contributed by atoms with van der Waals surface area (Å²) in [7, 11) is 0. The number of halogens is 2. The molecule has 0 saturated heterocycles. The summed E-state index contributed by atoms with van der Waals surface area (Å²) in [5.41, 5.74) is 0. The number of aliphatic hydroxyl groups excluding tert-OH is 1. The third-order valence-corrected chi connectivity index (χ3v) is 2.57. The van der Waals surface area contributed by atoms with Gasteiger partial charge < -0.3 is 5.11 Å². The molecular weight excluding hydrogens is 179 g/mol. The average molecular weight is 183 g/mol. The predicted octanol–water partition coefficient (Wildman–Crippen LogP) is 2.55. The van der Waals surface area contributed by atoms with Crippen LogP contribution in [0.1, 0.15) is 4.88 Å². The van der Waals surface area contributed by atoms with Crippen molar-refractivity contribution < 1.29 is 5.11 Å². The molecule has 0 bridgehead atoms. The van der Waals surface area contributed by atoms with Crippen LogP contribution < -0.4 is 0 Å². The van der Waals surface area contributed by atoms with Crippen molar-refractivity contribution in [1.82, 2.24) is 0 Å². The number of hydrogen-bond donors (Lipinski definition) is 1. The van der Waals surface area contributed by atoms with Crippen molar-refractivity contribution in [2.45, 2.75) is 6.61 Å². The Labute approximate surface area is 66.8 Å². The van der Waals surface area contributed by atoms with Crippen molar-refractivity contribution in [3.63, 3.8) is 0 Å². The Hall–Kier alpha value is 0.240. The van der Waals surface area contributed by atoms with Crippen LogP contribution in [0.4, 0.5) is 0 Å². The fourth-order valence-corrected chi connectivity index (χ4v) is 1.91. The molecule has 0 spiro atoms. The van der Waals surface area contributed by atoms with Crippen LogP contribution in [0.15, 0.2) is 6.07 Å². The molecule has 0 aliphatic rings. The molecule has 0 saturated carbocycles. The Kier molecular flexibility index (Phi) is 2.35. The first-order valence-corrected chi connectivity index (χ1v) is 3.86. The van der Waals surface area contributed by atoms with Gasteiger partial charge in [-0.3, -0.25) is 0 Å². The quantitative estimate of drug-likeness (QED) is 0.709. The first kappa shape index (κ1) is 7.35. The lowest BCUT2D eigenvalue weighted by molar-refractivity contribution is 0.285. The standard InChI is InChI=1S/C5H4Cl2OS/c6-3-1-5(7)9-4(3)2-8/h1,8H,2H2. The van der Waals surface area contributed by atoms with Gasteiger partial charge in [0.1, 0.15) is 0 Å². The SMILES string of the molecule is OCc1sc(Cl)cc1Cl. The molecule has 0 unspecified atom stereocenters. The van der Waals surface area contributed by atoms with Gasteiger partial charge in [-0.05, 0) is 6.07 Å². The van der Waals surface area contributed by atoms with Crippen LogP contribution in [0.3, 0.4) is 0 Å². The highest BCUT2D eigenvalue weighted by atomic mass is 35.5. The Balaban J connectivity index is 3.01. The molecule has 0 aromatic carbocycles. The van der Waals surface area contributed by atoms with Crippen molar-refractivity contribution in [1.29, 1.82) is 0 Å². The van der Waals surface area contributed by atoms with E-state index in [0.717, 1.165) is 4.88 Å². The normalized spacial score (nSPS) is 10.1. The van der Waals surface area contributed by atoms with E-state index in [9.17, 15) is 0 Å². The Morgan fingerprint density at radius 1 is 1.56 bits per heavy atom. The van der Waals surface area contributed by atoms with Gasteiger partial charge in [-0.2, -0.15) is 0 Å². The topological polar surface area (TPSA) is 20.2 Å². The van der Waals surface area contributed by atoms with Gasteiger partial charge in [0.2, 0.25) is 0 Å². The fraction of sp³-hybridized carbons (Fsp3) is 0.200. The highest BCUT2D eigenvalue weighted by Crippen LogP contribution is 2.30. The molecule has 1 aromatic heterocycles. The van der Waals surface area contributed by atoms with Gasteiger partial charge in [0, 0.05) is 0 Å². The Morgan fingerprint density at radius 2 is 2.22 bits per heavy atom. The van der Waals surface area contributed by atoms with Crippen molar-refractivity contribution in [2.24, 2.45) is 0 Å². The smallest absolute Gasteiger partial charge is 0.0947 e. The highest BCUT2D eigenvalue weighted by Gasteiger charge is 2.02. The zero-order valence-corrected chi connectivity index (χ0v) is 6.72. The molecule has 1 N–H and O–H groups in total. The van der Waals surface area contributed by atoms with Gasteiger partial charge in [0.15, 0.2) is 0 Å². The lowest BCUT2D eigenvalue weighted by Crippen LogP contribution is -1.73. The maximum atomic E-state index is 8.60. The van der Waals surface area contributed by atoms with Gasteiger partial charge in [0.25, 0.3) is 0 Å². The summed E-state index contributed by atoms with van der Waals surface area (Å²) >= 11 is 12.5. The van der Waals surface area contributed by atoms with Crippen molar-refractivity contribution in [3.8, 4) is 0 Å². The first-order chi connectivity index (χ1) is 4.24. The lowest BCUT2D eigenvalue weighted by Gasteiger charge is -1.84. The zero-order chi connectivity index (χ0) is 6.85. The van der Waals surface area contributed by atoms with Crippen LogP contribution in [0.5, 0.6) is 0 Å². The molecule has 0 atom stereocenters. The van der Waals surface area contributed by atoms with Crippen LogP contribution in [-0.4, -0.2) is 5.11 Å². The fourth-order valence-electron chi connectivity index (χ4n) is 0.484. The van der Waals surface area contributed by atoms with Crippen LogP contribution >= 0.6 is 34.5 Å². The lowest BCUT2D eigenvalue weighted by atomic mass is 10.5. The predicted molar refractivity (Wildman–Crippen MR) is 40.3 cm³/mol. The summed E-state index contributed by atoms with van der Waals surface area (Å²) in [6.07, 6.45) is 0. The van der Waals surface area contributed by atoms with Crippen LogP contribution in [-0.2, 0) is 6.61 Å². The molecular formula is C5H4Cl2OS. The minimum Gasteiger partial charge on any atom is -0.391 e. The minimum absolute atomic E-state index is 0.0315. The van der Waals surface area contributed by atoms with E-state index in [1.54, 1.807) is 6.07 Å². The molecule has 0 aliphatic heterocycles. The van der Waals surface area contributed by atoms with Gasteiger partial charge in [-0.25, -0.2) is 0 Å². The van der Waals surface area contributed by atoms with Crippen molar-refractivity contribution >= 4 is 34.5 Å². The second kappa shape index (κ2) is 2.88. The largest absolute Gasteiger partial charge is 0.391 e. The van der Waals surface area contributed by atoms with Crippen LogP contribution in [0, 0.1) is 0 Å². The molecule has 50 valence electrons. The van der Waals surface area contributed by atoms with Crippen molar-refractivity contribution in [2.75, 3.05) is 0 Å². The summed E-state index contributed by atoms with van der Waals surface area (Å²) < 4.78 is 0.615. The molecule has 1 rings (SSSR count). The average Bonchev–Trinajstić information content (AvgIpc) is 2.10. The number of hydrogen-bond acceptors (Lipinski definition) is 2. The Bertz CT molecular complexity index is 209. The van der Waals surface area contributed by atoms with E-state index in [0.29, 0.717) is 9.36 Å². The third kappa shape index (κ3) is 1.58. The van der Waals surface area contributed by atoms with E-state index in [1.807, 2.05) is 0 Å². The number of thiophene rings is 1.